The SMILES string of the molecule is O=C(NCC1CCCC1)C(F)(F)C(F)F. The average molecular weight is 227 g/mol. The summed E-state index contributed by atoms with van der Waals surface area (Å²) in [7, 11) is 0. The summed E-state index contributed by atoms with van der Waals surface area (Å²) in [5, 5.41) is 1.88. The van der Waals surface area contributed by atoms with Crippen molar-refractivity contribution in [2.24, 2.45) is 5.92 Å². The fraction of sp³-hybridized carbons (Fsp3) is 0.889. The second-order valence-electron chi connectivity index (χ2n) is 3.78. The van der Waals surface area contributed by atoms with Gasteiger partial charge >= 0.3 is 12.3 Å². The number of halogens is 4. The Balaban J connectivity index is 2.34. The Morgan fingerprint density at radius 3 is 2.33 bits per heavy atom. The first-order valence-corrected chi connectivity index (χ1v) is 4.89. The molecule has 2 nitrogen and oxygen atoms in total. The molecule has 0 heterocycles. The third-order valence-electron chi connectivity index (χ3n) is 2.60. The Kier molecular flexibility index (Phi) is 3.93. The van der Waals surface area contributed by atoms with Crippen LogP contribution < -0.4 is 5.32 Å². The molecular weight excluding hydrogens is 214 g/mol. The quantitative estimate of drug-likeness (QED) is 0.733. The van der Waals surface area contributed by atoms with Crippen LogP contribution in [-0.2, 0) is 4.79 Å². The van der Waals surface area contributed by atoms with E-state index in [-0.39, 0.29) is 12.5 Å². The van der Waals surface area contributed by atoms with Crippen molar-refractivity contribution in [2.75, 3.05) is 6.54 Å². The van der Waals surface area contributed by atoms with Crippen LogP contribution in [0, 0.1) is 5.92 Å². The van der Waals surface area contributed by atoms with Gasteiger partial charge in [-0.15, -0.1) is 0 Å². The number of nitrogens with one attached hydrogen (secondary N) is 1. The van der Waals surface area contributed by atoms with Crippen LogP contribution in [0.1, 0.15) is 25.7 Å². The molecule has 1 rings (SSSR count). The molecule has 1 fully saturated rings. The summed E-state index contributed by atoms with van der Waals surface area (Å²) >= 11 is 0. The number of amides is 1. The van der Waals surface area contributed by atoms with Crippen LogP contribution in [0.2, 0.25) is 0 Å². The molecule has 1 aliphatic carbocycles. The molecule has 0 bridgehead atoms. The molecule has 0 unspecified atom stereocenters. The monoisotopic (exact) mass is 227 g/mol. The Morgan fingerprint density at radius 2 is 1.87 bits per heavy atom. The third-order valence-corrected chi connectivity index (χ3v) is 2.60. The normalized spacial score (nSPS) is 18.5. The van der Waals surface area contributed by atoms with E-state index in [1.165, 1.54) is 0 Å². The lowest BCUT2D eigenvalue weighted by Gasteiger charge is -2.16. The molecule has 1 saturated carbocycles. The van der Waals surface area contributed by atoms with Crippen LogP contribution in [0.5, 0.6) is 0 Å². The highest BCUT2D eigenvalue weighted by Crippen LogP contribution is 2.25. The number of carbonyl (C=O) groups is 1. The van der Waals surface area contributed by atoms with Gasteiger partial charge in [-0.05, 0) is 18.8 Å². The second-order valence-corrected chi connectivity index (χ2v) is 3.78. The van der Waals surface area contributed by atoms with E-state index in [0.29, 0.717) is 0 Å². The van der Waals surface area contributed by atoms with Gasteiger partial charge in [-0.3, -0.25) is 4.79 Å². The van der Waals surface area contributed by atoms with Crippen molar-refractivity contribution in [3.05, 3.63) is 0 Å². The fourth-order valence-electron chi connectivity index (χ4n) is 1.67. The van der Waals surface area contributed by atoms with Crippen LogP contribution in [0.3, 0.4) is 0 Å². The maximum Gasteiger partial charge on any atom is 0.383 e. The largest absolute Gasteiger partial charge is 0.383 e. The highest BCUT2D eigenvalue weighted by molar-refractivity contribution is 5.83. The van der Waals surface area contributed by atoms with E-state index in [2.05, 4.69) is 0 Å². The first-order valence-electron chi connectivity index (χ1n) is 4.89. The van der Waals surface area contributed by atoms with Crippen LogP contribution >= 0.6 is 0 Å². The zero-order valence-electron chi connectivity index (χ0n) is 8.11. The molecule has 6 heteroatoms. The van der Waals surface area contributed by atoms with E-state index < -0.39 is 18.3 Å². The lowest BCUT2D eigenvalue weighted by molar-refractivity contribution is -0.169. The summed E-state index contributed by atoms with van der Waals surface area (Å²) in [6.07, 6.45) is -0.209. The molecule has 0 aliphatic heterocycles. The van der Waals surface area contributed by atoms with Crippen LogP contribution in [0.4, 0.5) is 17.6 Å². The van der Waals surface area contributed by atoms with Crippen molar-refractivity contribution in [2.45, 2.75) is 38.0 Å². The first-order chi connectivity index (χ1) is 6.94. The average Bonchev–Trinajstić information content (AvgIpc) is 2.66. The van der Waals surface area contributed by atoms with Crippen molar-refractivity contribution in [3.63, 3.8) is 0 Å². The predicted molar refractivity (Wildman–Crippen MR) is 45.9 cm³/mol. The number of rotatable bonds is 4. The van der Waals surface area contributed by atoms with Gasteiger partial charge in [-0.25, -0.2) is 8.78 Å². The summed E-state index contributed by atoms with van der Waals surface area (Å²) in [5.74, 6) is -6.29. The molecule has 1 amide bonds. The van der Waals surface area contributed by atoms with Gasteiger partial charge in [0, 0.05) is 6.54 Å². The summed E-state index contributed by atoms with van der Waals surface area (Å²) in [5.41, 5.74) is 0. The van der Waals surface area contributed by atoms with Crippen molar-refractivity contribution < 1.29 is 22.4 Å². The fourth-order valence-corrected chi connectivity index (χ4v) is 1.67. The molecule has 1 aliphatic rings. The Bertz CT molecular complexity index is 226. The summed E-state index contributed by atoms with van der Waals surface area (Å²) in [6, 6.07) is 0. The zero-order chi connectivity index (χ0) is 11.5. The minimum atomic E-state index is -4.57. The number of alkyl halides is 4. The van der Waals surface area contributed by atoms with Gasteiger partial charge in [0.2, 0.25) is 0 Å². The van der Waals surface area contributed by atoms with Gasteiger partial charge in [0.15, 0.2) is 0 Å². The minimum absolute atomic E-state index is 0.0706. The Hall–Kier alpha value is -0.810. The van der Waals surface area contributed by atoms with Crippen molar-refractivity contribution in [1.29, 1.82) is 0 Å². The van der Waals surface area contributed by atoms with Gasteiger partial charge in [-0.2, -0.15) is 8.78 Å². The van der Waals surface area contributed by atoms with E-state index in [9.17, 15) is 22.4 Å². The summed E-state index contributed by atoms with van der Waals surface area (Å²) in [6.45, 7) is 0.0706. The van der Waals surface area contributed by atoms with Crippen molar-refractivity contribution in [3.8, 4) is 0 Å². The molecule has 0 atom stereocenters. The van der Waals surface area contributed by atoms with E-state index in [4.69, 9.17) is 0 Å². The van der Waals surface area contributed by atoms with E-state index in [1.807, 2.05) is 5.32 Å². The molecule has 1 N–H and O–H groups in total. The smallest absolute Gasteiger partial charge is 0.350 e. The molecule has 0 aromatic rings. The maximum absolute atomic E-state index is 12.5. The molecular formula is C9H13F4NO. The minimum Gasteiger partial charge on any atom is -0.350 e. The van der Waals surface area contributed by atoms with Crippen LogP contribution in [-0.4, -0.2) is 24.8 Å². The van der Waals surface area contributed by atoms with E-state index >= 15 is 0 Å². The van der Waals surface area contributed by atoms with Gasteiger partial charge in [0.05, 0.1) is 0 Å². The van der Waals surface area contributed by atoms with Crippen LogP contribution in [0.25, 0.3) is 0 Å². The van der Waals surface area contributed by atoms with E-state index in [1.54, 1.807) is 0 Å². The molecule has 0 aromatic heterocycles. The summed E-state index contributed by atoms with van der Waals surface area (Å²) in [4.78, 5) is 10.7. The van der Waals surface area contributed by atoms with Crippen molar-refractivity contribution >= 4 is 5.91 Å². The highest BCUT2D eigenvalue weighted by atomic mass is 19.3. The molecule has 15 heavy (non-hydrogen) atoms. The lowest BCUT2D eigenvalue weighted by atomic mass is 10.1. The molecule has 0 radical (unpaired) electrons. The molecule has 0 saturated heterocycles. The predicted octanol–water partition coefficient (Wildman–Crippen LogP) is 2.19. The third kappa shape index (κ3) is 3.07. The maximum atomic E-state index is 12.5. The Labute approximate surface area is 85.0 Å². The topological polar surface area (TPSA) is 29.1 Å². The van der Waals surface area contributed by atoms with Gasteiger partial charge in [0.1, 0.15) is 0 Å². The van der Waals surface area contributed by atoms with Gasteiger partial charge in [-0.1, -0.05) is 12.8 Å². The molecule has 0 aromatic carbocycles. The molecule has 88 valence electrons. The van der Waals surface area contributed by atoms with Gasteiger partial charge in [0.25, 0.3) is 5.91 Å². The molecule has 0 spiro atoms. The first kappa shape index (κ1) is 12.3. The van der Waals surface area contributed by atoms with Crippen molar-refractivity contribution in [1.82, 2.24) is 5.32 Å². The van der Waals surface area contributed by atoms with Crippen LogP contribution in [0.15, 0.2) is 0 Å². The zero-order valence-corrected chi connectivity index (χ0v) is 8.11. The lowest BCUT2D eigenvalue weighted by Crippen LogP contribution is -2.46. The standard InChI is InChI=1S/C9H13F4NO/c10-7(11)9(12,13)8(15)14-5-6-3-1-2-4-6/h6-7H,1-5H2,(H,14,15). The highest BCUT2D eigenvalue weighted by Gasteiger charge is 2.48. The number of hydrogen-bond acceptors (Lipinski definition) is 1. The summed E-state index contributed by atoms with van der Waals surface area (Å²) < 4.78 is 48.4. The second kappa shape index (κ2) is 4.81. The number of hydrogen-bond donors (Lipinski definition) is 1. The number of carbonyl (C=O) groups excluding carboxylic acids is 1. The van der Waals surface area contributed by atoms with E-state index in [0.717, 1.165) is 25.7 Å². The Morgan fingerprint density at radius 1 is 1.33 bits per heavy atom. The van der Waals surface area contributed by atoms with Gasteiger partial charge < -0.3 is 5.32 Å².